The number of phenols is 1. The number of methoxy groups -OCH3 is 1. The van der Waals surface area contributed by atoms with Crippen LogP contribution in [-0.4, -0.2) is 30.3 Å². The minimum atomic E-state index is -0.219. The molecule has 0 fully saturated rings. The molecule has 0 radical (unpaired) electrons. The molecule has 0 aliphatic heterocycles. The second-order valence-electron chi connectivity index (χ2n) is 7.94. The minimum absolute atomic E-state index is 0. The zero-order chi connectivity index (χ0) is 23.0. The molecule has 1 heterocycles. The number of nitrogens with zero attached hydrogens (tertiary/aromatic N) is 1. The third-order valence-electron chi connectivity index (χ3n) is 5.59. The number of hydrogen-bond donors (Lipinski definition) is 3. The van der Waals surface area contributed by atoms with Crippen LogP contribution in [0.3, 0.4) is 0 Å². The number of benzene rings is 3. The predicted octanol–water partition coefficient (Wildman–Crippen LogP) is 5.69. The molecule has 0 saturated heterocycles. The molecule has 1 aromatic heterocycles. The third-order valence-corrected chi connectivity index (χ3v) is 5.59. The number of rotatable bonds is 10. The van der Waals surface area contributed by atoms with Crippen LogP contribution in [0.15, 0.2) is 72.9 Å². The van der Waals surface area contributed by atoms with E-state index in [9.17, 15) is 9.50 Å². The van der Waals surface area contributed by atoms with Crippen molar-refractivity contribution in [1.29, 1.82) is 0 Å². The van der Waals surface area contributed by atoms with Crippen LogP contribution < -0.4 is 15.4 Å². The van der Waals surface area contributed by atoms with Crippen LogP contribution in [0.25, 0.3) is 10.9 Å². The minimum Gasteiger partial charge on any atom is -0.504 e. The van der Waals surface area contributed by atoms with Gasteiger partial charge in [0.15, 0.2) is 11.5 Å². The number of nitrogens with one attached hydrogen (secondary N) is 2. The summed E-state index contributed by atoms with van der Waals surface area (Å²) in [4.78, 5) is 4.53. The molecule has 0 unspecified atom stereocenters. The Morgan fingerprint density at radius 2 is 1.76 bits per heavy atom. The zero-order valence-corrected chi connectivity index (χ0v) is 19.9. The quantitative estimate of drug-likeness (QED) is 0.254. The van der Waals surface area contributed by atoms with Gasteiger partial charge in [-0.1, -0.05) is 36.4 Å². The maximum atomic E-state index is 13.1. The second kappa shape index (κ2) is 12.2. The molecule has 7 heteroatoms. The average Bonchev–Trinajstić information content (AvgIpc) is 2.83. The predicted molar refractivity (Wildman–Crippen MR) is 138 cm³/mol. The molecule has 0 aliphatic carbocycles. The molecule has 0 spiro atoms. The average molecular weight is 482 g/mol. The van der Waals surface area contributed by atoms with Crippen molar-refractivity contribution in [1.82, 2.24) is 10.3 Å². The van der Waals surface area contributed by atoms with Crippen molar-refractivity contribution in [3.05, 3.63) is 95.4 Å². The van der Waals surface area contributed by atoms with Crippen molar-refractivity contribution >= 4 is 29.0 Å². The van der Waals surface area contributed by atoms with Crippen molar-refractivity contribution in [2.45, 2.75) is 19.4 Å². The van der Waals surface area contributed by atoms with Gasteiger partial charge in [0.2, 0.25) is 0 Å². The Labute approximate surface area is 205 Å². The van der Waals surface area contributed by atoms with Gasteiger partial charge in [-0.05, 0) is 60.8 Å². The number of anilines is 1. The first-order valence-corrected chi connectivity index (χ1v) is 11.1. The fourth-order valence-electron chi connectivity index (χ4n) is 3.83. The SMILES string of the molecule is COc1cccc(CNCCCNc2ccnc3cc(Cc4ccc(F)cc4)ccc23)c1O.Cl. The Kier molecular flexibility index (Phi) is 9.08. The first kappa shape index (κ1) is 25.3. The number of hydrogen-bond acceptors (Lipinski definition) is 5. The van der Waals surface area contributed by atoms with E-state index in [1.165, 1.54) is 12.1 Å². The maximum Gasteiger partial charge on any atom is 0.162 e. The molecule has 4 aromatic rings. The second-order valence-corrected chi connectivity index (χ2v) is 7.94. The molecule has 0 atom stereocenters. The number of pyridine rings is 1. The van der Waals surface area contributed by atoms with Gasteiger partial charge in [0, 0.05) is 35.9 Å². The topological polar surface area (TPSA) is 66.4 Å². The van der Waals surface area contributed by atoms with E-state index in [0.29, 0.717) is 12.3 Å². The normalized spacial score (nSPS) is 10.6. The lowest BCUT2D eigenvalue weighted by Crippen LogP contribution is -2.17. The lowest BCUT2D eigenvalue weighted by atomic mass is 10.0. The van der Waals surface area contributed by atoms with Crippen LogP contribution >= 0.6 is 12.4 Å². The van der Waals surface area contributed by atoms with E-state index in [4.69, 9.17) is 4.74 Å². The van der Waals surface area contributed by atoms with Crippen molar-refractivity contribution < 1.29 is 14.2 Å². The van der Waals surface area contributed by atoms with Crippen molar-refractivity contribution in [3.63, 3.8) is 0 Å². The summed E-state index contributed by atoms with van der Waals surface area (Å²) in [7, 11) is 1.55. The fourth-order valence-corrected chi connectivity index (χ4v) is 3.83. The molecule has 0 aliphatic rings. The number of aromatic nitrogens is 1. The Balaban J connectivity index is 0.00000324. The smallest absolute Gasteiger partial charge is 0.162 e. The van der Waals surface area contributed by atoms with E-state index in [0.717, 1.165) is 59.2 Å². The molecular formula is C27H29ClFN3O2. The maximum absolute atomic E-state index is 13.1. The summed E-state index contributed by atoms with van der Waals surface area (Å²) in [6, 6.07) is 20.4. The summed E-state index contributed by atoms with van der Waals surface area (Å²) in [6.45, 7) is 2.21. The highest BCUT2D eigenvalue weighted by molar-refractivity contribution is 5.91. The summed E-state index contributed by atoms with van der Waals surface area (Å²) in [6.07, 6.45) is 3.48. The largest absolute Gasteiger partial charge is 0.504 e. The monoisotopic (exact) mass is 481 g/mol. The Hall–Kier alpha value is -3.35. The van der Waals surface area contributed by atoms with Gasteiger partial charge in [0.1, 0.15) is 5.82 Å². The number of aromatic hydroxyl groups is 1. The number of ether oxygens (including phenoxy) is 1. The first-order chi connectivity index (χ1) is 16.1. The third kappa shape index (κ3) is 6.37. The van der Waals surface area contributed by atoms with E-state index in [-0.39, 0.29) is 24.0 Å². The van der Waals surface area contributed by atoms with Gasteiger partial charge < -0.3 is 20.5 Å². The molecule has 5 nitrogen and oxygen atoms in total. The van der Waals surface area contributed by atoms with Gasteiger partial charge in [-0.15, -0.1) is 12.4 Å². The lowest BCUT2D eigenvalue weighted by molar-refractivity contribution is 0.369. The van der Waals surface area contributed by atoms with Crippen LogP contribution in [0.5, 0.6) is 11.5 Å². The van der Waals surface area contributed by atoms with Gasteiger partial charge in [0.25, 0.3) is 0 Å². The van der Waals surface area contributed by atoms with Gasteiger partial charge in [0.05, 0.1) is 12.6 Å². The molecule has 0 amide bonds. The molecular weight excluding hydrogens is 453 g/mol. The van der Waals surface area contributed by atoms with Crippen LogP contribution in [0.1, 0.15) is 23.1 Å². The highest BCUT2D eigenvalue weighted by atomic mass is 35.5. The number of fused-ring (bicyclic) bond motifs is 1. The van der Waals surface area contributed by atoms with E-state index in [1.807, 2.05) is 36.5 Å². The molecule has 178 valence electrons. The molecule has 0 bridgehead atoms. The van der Waals surface area contributed by atoms with Crippen LogP contribution in [0.2, 0.25) is 0 Å². The lowest BCUT2D eigenvalue weighted by Gasteiger charge is -2.12. The molecule has 3 aromatic carbocycles. The van der Waals surface area contributed by atoms with Gasteiger partial charge in [-0.25, -0.2) is 4.39 Å². The van der Waals surface area contributed by atoms with Crippen molar-refractivity contribution in [2.24, 2.45) is 0 Å². The molecule has 3 N–H and O–H groups in total. The van der Waals surface area contributed by atoms with Crippen LogP contribution in [0.4, 0.5) is 10.1 Å². The molecule has 0 saturated carbocycles. The highest BCUT2D eigenvalue weighted by Crippen LogP contribution is 2.29. The first-order valence-electron chi connectivity index (χ1n) is 11.1. The highest BCUT2D eigenvalue weighted by Gasteiger charge is 2.07. The van der Waals surface area contributed by atoms with Crippen LogP contribution in [-0.2, 0) is 13.0 Å². The van der Waals surface area contributed by atoms with E-state index in [2.05, 4.69) is 33.8 Å². The Bertz CT molecular complexity index is 1220. The number of para-hydroxylation sites is 1. The summed E-state index contributed by atoms with van der Waals surface area (Å²) < 4.78 is 18.3. The van der Waals surface area contributed by atoms with Gasteiger partial charge in [-0.3, -0.25) is 4.98 Å². The standard InChI is InChI=1S/C27H28FN3O2.ClH/c1-33-26-5-2-4-21(27(26)32)18-29-13-3-14-30-24-12-15-31-25-17-20(8-11-23(24)25)16-19-6-9-22(28)10-7-19;/h2,4-12,15,17,29,32H,3,13-14,16,18H2,1H3,(H,30,31);1H. The summed E-state index contributed by atoms with van der Waals surface area (Å²) >= 11 is 0. The van der Waals surface area contributed by atoms with E-state index < -0.39 is 0 Å². The van der Waals surface area contributed by atoms with E-state index >= 15 is 0 Å². The Morgan fingerprint density at radius 1 is 0.971 bits per heavy atom. The fraction of sp³-hybridized carbons (Fsp3) is 0.222. The number of phenolic OH excluding ortho intramolecular Hbond substituents is 1. The zero-order valence-electron chi connectivity index (χ0n) is 19.1. The summed E-state index contributed by atoms with van der Waals surface area (Å²) in [5.74, 6) is 0.456. The van der Waals surface area contributed by atoms with Crippen molar-refractivity contribution in [3.8, 4) is 11.5 Å². The van der Waals surface area contributed by atoms with Crippen molar-refractivity contribution in [2.75, 3.05) is 25.5 Å². The van der Waals surface area contributed by atoms with Gasteiger partial charge >= 0.3 is 0 Å². The van der Waals surface area contributed by atoms with E-state index in [1.54, 1.807) is 13.2 Å². The molecule has 4 rings (SSSR count). The number of halogens is 2. The summed E-state index contributed by atoms with van der Waals surface area (Å²) in [5, 5.41) is 18.1. The van der Waals surface area contributed by atoms with Gasteiger partial charge in [-0.2, -0.15) is 0 Å². The Morgan fingerprint density at radius 3 is 2.56 bits per heavy atom. The van der Waals surface area contributed by atoms with Crippen LogP contribution in [0, 0.1) is 5.82 Å². The molecule has 34 heavy (non-hydrogen) atoms. The summed E-state index contributed by atoms with van der Waals surface area (Å²) in [5.41, 5.74) is 5.02.